The molecule has 0 radical (unpaired) electrons. The molecule has 0 aliphatic carbocycles. The predicted octanol–water partition coefficient (Wildman–Crippen LogP) is 4.23. The van der Waals surface area contributed by atoms with Crippen LogP contribution in [0.1, 0.15) is 37.9 Å². The first-order chi connectivity index (χ1) is 22.8. The molecule has 5 rings (SSSR count). The van der Waals surface area contributed by atoms with Crippen LogP contribution in [0.5, 0.6) is 23.0 Å². The van der Waals surface area contributed by atoms with E-state index in [-0.39, 0.29) is 24.7 Å². The molecule has 12 heteroatoms. The second-order valence-corrected chi connectivity index (χ2v) is 11.3. The number of para-hydroxylation sites is 2. The number of aromatic nitrogens is 1. The summed E-state index contributed by atoms with van der Waals surface area (Å²) in [6.45, 7) is 5.81. The van der Waals surface area contributed by atoms with Crippen LogP contribution >= 0.6 is 11.3 Å². The SMILES string of the molecule is CCOC(=O)C1=C(C)N=c2s/c(=C/c3ccc(OCC(=O)Nc4ccccc4OC)c(OC)c3)c(=O)n2[C@@H]1c1ccc(OCC)cc1. The van der Waals surface area contributed by atoms with Crippen molar-refractivity contribution >= 4 is 35.0 Å². The first-order valence-electron chi connectivity index (χ1n) is 14.9. The molecule has 0 fully saturated rings. The number of methoxy groups -OCH3 is 2. The number of rotatable bonds is 12. The highest BCUT2D eigenvalue weighted by molar-refractivity contribution is 7.07. The van der Waals surface area contributed by atoms with Gasteiger partial charge in [0.15, 0.2) is 22.9 Å². The molecule has 244 valence electrons. The smallest absolute Gasteiger partial charge is 0.338 e. The van der Waals surface area contributed by atoms with Crippen molar-refractivity contribution in [3.8, 4) is 23.0 Å². The zero-order valence-electron chi connectivity index (χ0n) is 26.7. The molecule has 1 amide bonds. The van der Waals surface area contributed by atoms with Crippen molar-refractivity contribution in [1.29, 1.82) is 0 Å². The summed E-state index contributed by atoms with van der Waals surface area (Å²) in [5.41, 5.74) is 2.38. The van der Waals surface area contributed by atoms with Crippen LogP contribution in [-0.2, 0) is 14.3 Å². The second-order valence-electron chi connectivity index (χ2n) is 10.3. The number of hydrogen-bond acceptors (Lipinski definition) is 10. The van der Waals surface area contributed by atoms with Gasteiger partial charge >= 0.3 is 5.97 Å². The predicted molar refractivity (Wildman–Crippen MR) is 178 cm³/mol. The van der Waals surface area contributed by atoms with Gasteiger partial charge in [0.2, 0.25) is 0 Å². The van der Waals surface area contributed by atoms with E-state index in [1.807, 2.05) is 37.3 Å². The minimum atomic E-state index is -0.740. The van der Waals surface area contributed by atoms with Crippen LogP contribution in [0.2, 0.25) is 0 Å². The standard InChI is InChI=1S/C35H35N3O8S/c1-6-44-24-15-13-23(14-16-24)32-31(34(41)45-7-2)21(3)36-35-38(32)33(40)29(47-35)19-22-12-17-27(28(18-22)43-5)46-20-30(39)37-25-10-8-9-11-26(25)42-4/h8-19,32H,6-7,20H2,1-5H3,(H,37,39)/b29-19+/t32-/m1/s1. The van der Waals surface area contributed by atoms with Gasteiger partial charge in [-0.05, 0) is 74.4 Å². The lowest BCUT2D eigenvalue weighted by atomic mass is 9.96. The molecular weight excluding hydrogens is 622 g/mol. The van der Waals surface area contributed by atoms with Gasteiger partial charge in [0.05, 0.1) is 55.0 Å². The number of amides is 1. The topological polar surface area (TPSA) is 127 Å². The number of hydrogen-bond donors (Lipinski definition) is 1. The molecule has 0 saturated carbocycles. The Kier molecular flexibility index (Phi) is 10.4. The van der Waals surface area contributed by atoms with Gasteiger partial charge in [0.25, 0.3) is 11.5 Å². The van der Waals surface area contributed by atoms with Gasteiger partial charge in [0.1, 0.15) is 11.5 Å². The Hall–Kier alpha value is -5.36. The van der Waals surface area contributed by atoms with Crippen molar-refractivity contribution in [2.24, 2.45) is 4.99 Å². The number of fused-ring (bicyclic) bond motifs is 1. The van der Waals surface area contributed by atoms with Crippen molar-refractivity contribution in [1.82, 2.24) is 4.57 Å². The third kappa shape index (κ3) is 7.23. The number of allylic oxidation sites excluding steroid dienone is 1. The Morgan fingerprint density at radius 3 is 2.38 bits per heavy atom. The fraction of sp³-hybridized carbons (Fsp3) is 0.257. The number of esters is 1. The van der Waals surface area contributed by atoms with Gasteiger partial charge < -0.3 is 29.0 Å². The van der Waals surface area contributed by atoms with E-state index in [1.165, 1.54) is 30.1 Å². The van der Waals surface area contributed by atoms with E-state index in [1.54, 1.807) is 56.3 Å². The number of benzene rings is 3. The summed E-state index contributed by atoms with van der Waals surface area (Å²) in [4.78, 5) is 44.8. The highest BCUT2D eigenvalue weighted by atomic mass is 32.1. The molecule has 0 unspecified atom stereocenters. The number of anilines is 1. The van der Waals surface area contributed by atoms with Crippen LogP contribution in [0.3, 0.4) is 0 Å². The number of nitrogens with zero attached hydrogens (tertiary/aromatic N) is 2. The van der Waals surface area contributed by atoms with E-state index in [9.17, 15) is 14.4 Å². The third-order valence-corrected chi connectivity index (χ3v) is 8.23. The zero-order chi connectivity index (χ0) is 33.5. The van der Waals surface area contributed by atoms with Gasteiger partial charge in [-0.3, -0.25) is 14.2 Å². The lowest BCUT2D eigenvalue weighted by Crippen LogP contribution is -2.39. The van der Waals surface area contributed by atoms with Crippen molar-refractivity contribution in [3.05, 3.63) is 109 Å². The minimum Gasteiger partial charge on any atom is -0.495 e. The Balaban J connectivity index is 1.45. The first-order valence-corrected chi connectivity index (χ1v) is 15.8. The highest BCUT2D eigenvalue weighted by Crippen LogP contribution is 2.32. The van der Waals surface area contributed by atoms with Crippen LogP contribution in [-0.4, -0.2) is 50.5 Å². The summed E-state index contributed by atoms with van der Waals surface area (Å²) in [7, 11) is 3.02. The summed E-state index contributed by atoms with van der Waals surface area (Å²) >= 11 is 1.22. The number of carbonyl (C=O) groups is 2. The number of ether oxygens (including phenoxy) is 5. The van der Waals surface area contributed by atoms with Crippen LogP contribution in [0.25, 0.3) is 6.08 Å². The van der Waals surface area contributed by atoms with Crippen molar-refractivity contribution in [2.45, 2.75) is 26.8 Å². The summed E-state index contributed by atoms with van der Waals surface area (Å²) in [5, 5.41) is 2.77. The summed E-state index contributed by atoms with van der Waals surface area (Å²) < 4.78 is 29.5. The van der Waals surface area contributed by atoms with Gasteiger partial charge in [-0.2, -0.15) is 0 Å². The molecule has 4 aromatic rings. The molecule has 1 aliphatic heterocycles. The molecule has 2 heterocycles. The minimum absolute atomic E-state index is 0.185. The molecular formula is C35H35N3O8S. The fourth-order valence-corrected chi connectivity index (χ4v) is 6.19. The van der Waals surface area contributed by atoms with E-state index in [2.05, 4.69) is 10.3 Å². The van der Waals surface area contributed by atoms with Crippen LogP contribution in [0, 0.1) is 0 Å². The quantitative estimate of drug-likeness (QED) is 0.225. The van der Waals surface area contributed by atoms with Gasteiger partial charge in [-0.1, -0.05) is 41.7 Å². The molecule has 1 N–H and O–H groups in total. The Labute approximate surface area is 275 Å². The second kappa shape index (κ2) is 14.8. The van der Waals surface area contributed by atoms with Gasteiger partial charge in [-0.25, -0.2) is 9.79 Å². The van der Waals surface area contributed by atoms with Gasteiger partial charge in [-0.15, -0.1) is 0 Å². The lowest BCUT2D eigenvalue weighted by Gasteiger charge is -2.24. The molecule has 0 bridgehead atoms. The summed E-state index contributed by atoms with van der Waals surface area (Å²) in [5.74, 6) is 1.04. The Morgan fingerprint density at radius 2 is 1.68 bits per heavy atom. The van der Waals surface area contributed by atoms with Crippen molar-refractivity contribution in [2.75, 3.05) is 39.4 Å². The average molecular weight is 658 g/mol. The van der Waals surface area contributed by atoms with Crippen LogP contribution in [0.15, 0.2) is 87.8 Å². The zero-order valence-corrected chi connectivity index (χ0v) is 27.5. The van der Waals surface area contributed by atoms with E-state index >= 15 is 0 Å². The van der Waals surface area contributed by atoms with Crippen LogP contribution in [0.4, 0.5) is 5.69 Å². The summed E-state index contributed by atoms with van der Waals surface area (Å²) in [6.07, 6.45) is 1.73. The van der Waals surface area contributed by atoms with E-state index in [4.69, 9.17) is 23.7 Å². The average Bonchev–Trinajstić information content (AvgIpc) is 3.37. The lowest BCUT2D eigenvalue weighted by molar-refractivity contribution is -0.139. The van der Waals surface area contributed by atoms with E-state index < -0.39 is 12.0 Å². The maximum atomic E-state index is 14.0. The van der Waals surface area contributed by atoms with Gasteiger partial charge in [0, 0.05) is 0 Å². The normalized spacial score (nSPS) is 14.1. The van der Waals surface area contributed by atoms with Crippen molar-refractivity contribution < 1.29 is 33.3 Å². The molecule has 1 aliphatic rings. The molecule has 1 atom stereocenters. The largest absolute Gasteiger partial charge is 0.495 e. The maximum absolute atomic E-state index is 14.0. The fourth-order valence-electron chi connectivity index (χ4n) is 5.14. The molecule has 47 heavy (non-hydrogen) atoms. The summed E-state index contributed by atoms with van der Waals surface area (Å²) in [6, 6.07) is 18.8. The van der Waals surface area contributed by atoms with E-state index in [0.29, 0.717) is 61.5 Å². The number of thiazole rings is 1. The molecule has 11 nitrogen and oxygen atoms in total. The monoisotopic (exact) mass is 657 g/mol. The highest BCUT2D eigenvalue weighted by Gasteiger charge is 2.33. The first kappa shape index (κ1) is 33.0. The molecule has 3 aromatic carbocycles. The number of nitrogens with one attached hydrogen (secondary N) is 1. The third-order valence-electron chi connectivity index (χ3n) is 7.25. The molecule has 1 aromatic heterocycles. The van der Waals surface area contributed by atoms with Crippen LogP contribution < -0.4 is 39.2 Å². The molecule has 0 spiro atoms. The maximum Gasteiger partial charge on any atom is 0.338 e. The number of carbonyl (C=O) groups excluding carboxylic acids is 2. The Bertz CT molecular complexity index is 2000. The Morgan fingerprint density at radius 1 is 0.936 bits per heavy atom. The van der Waals surface area contributed by atoms with Crippen molar-refractivity contribution in [3.63, 3.8) is 0 Å². The molecule has 0 saturated heterocycles. The van der Waals surface area contributed by atoms with E-state index in [0.717, 1.165) is 5.56 Å².